The first-order valence-corrected chi connectivity index (χ1v) is 9.89. The quantitative estimate of drug-likeness (QED) is 0.138. The zero-order valence-electron chi connectivity index (χ0n) is 16.7. The normalized spacial score (nSPS) is 20.4. The minimum atomic E-state index is -3.03. The van der Waals surface area contributed by atoms with E-state index in [4.69, 9.17) is 4.74 Å². The standard InChI is InChI=1S/C23H30O6/c1-28-22(25)23(26,27)21(24)16-6-5-10-18-12-9-13-19(18)11-7-8-17-29-20-14-3-2-4-15-20/h2-7,11,14-16,18-19,24,26-27H,8-10,12-13,17H2,1H3/b6-5+,11-7+,21-16-/t18-,19-/m0/s1. The molecule has 1 aliphatic carbocycles. The van der Waals surface area contributed by atoms with E-state index in [1.165, 1.54) is 12.5 Å². The molecule has 0 aromatic heterocycles. The highest BCUT2D eigenvalue weighted by Gasteiger charge is 2.39. The topological polar surface area (TPSA) is 96.2 Å². The van der Waals surface area contributed by atoms with Gasteiger partial charge in [0.05, 0.1) is 13.7 Å². The Morgan fingerprint density at radius 3 is 2.69 bits per heavy atom. The summed E-state index contributed by atoms with van der Waals surface area (Å²) >= 11 is 0. The Kier molecular flexibility index (Phi) is 8.96. The molecule has 0 saturated heterocycles. The second-order valence-corrected chi connectivity index (χ2v) is 7.11. The van der Waals surface area contributed by atoms with Gasteiger partial charge in [0, 0.05) is 0 Å². The number of allylic oxidation sites excluding steroid dienone is 4. The summed E-state index contributed by atoms with van der Waals surface area (Å²) < 4.78 is 9.92. The second-order valence-electron chi connectivity index (χ2n) is 7.11. The zero-order valence-corrected chi connectivity index (χ0v) is 16.7. The van der Waals surface area contributed by atoms with Crippen LogP contribution in [0.1, 0.15) is 32.1 Å². The van der Waals surface area contributed by atoms with Crippen molar-refractivity contribution in [2.24, 2.45) is 11.8 Å². The Bertz CT molecular complexity index is 720. The van der Waals surface area contributed by atoms with Crippen LogP contribution >= 0.6 is 0 Å². The molecule has 6 heteroatoms. The van der Waals surface area contributed by atoms with Crippen molar-refractivity contribution >= 4 is 5.97 Å². The number of esters is 1. The molecule has 0 spiro atoms. The molecule has 1 aromatic carbocycles. The van der Waals surface area contributed by atoms with E-state index < -0.39 is 17.5 Å². The van der Waals surface area contributed by atoms with Crippen molar-refractivity contribution in [3.8, 4) is 5.75 Å². The second kappa shape index (κ2) is 11.4. The first kappa shape index (κ1) is 22.7. The van der Waals surface area contributed by atoms with Gasteiger partial charge >= 0.3 is 11.8 Å². The fraction of sp³-hybridized carbons (Fsp3) is 0.435. The number of carbonyl (C=O) groups excluding carboxylic acids is 1. The van der Waals surface area contributed by atoms with Gasteiger partial charge in [0.15, 0.2) is 5.76 Å². The molecule has 0 amide bonds. The molecule has 2 rings (SSSR count). The summed E-state index contributed by atoms with van der Waals surface area (Å²) in [6, 6.07) is 9.75. The first-order chi connectivity index (χ1) is 13.9. The maximum Gasteiger partial charge on any atom is 0.374 e. The van der Waals surface area contributed by atoms with E-state index in [0.717, 1.165) is 44.6 Å². The van der Waals surface area contributed by atoms with E-state index in [9.17, 15) is 20.1 Å². The molecule has 1 aliphatic rings. The van der Waals surface area contributed by atoms with Crippen LogP contribution in [-0.2, 0) is 9.53 Å². The van der Waals surface area contributed by atoms with Crippen LogP contribution in [-0.4, -0.2) is 40.8 Å². The molecule has 29 heavy (non-hydrogen) atoms. The van der Waals surface area contributed by atoms with Gasteiger partial charge in [-0.2, -0.15) is 0 Å². The number of aliphatic hydroxyl groups excluding tert-OH is 1. The predicted octanol–water partition coefficient (Wildman–Crippen LogP) is 3.67. The molecule has 0 bridgehead atoms. The predicted molar refractivity (Wildman–Crippen MR) is 110 cm³/mol. The Labute approximate surface area is 171 Å². The number of para-hydroxylation sites is 1. The van der Waals surface area contributed by atoms with Gasteiger partial charge in [0.2, 0.25) is 0 Å². The van der Waals surface area contributed by atoms with Crippen LogP contribution in [0.3, 0.4) is 0 Å². The maximum atomic E-state index is 11.2. The Balaban J connectivity index is 1.76. The summed E-state index contributed by atoms with van der Waals surface area (Å²) in [7, 11) is 1.01. The molecule has 1 fully saturated rings. The lowest BCUT2D eigenvalue weighted by Crippen LogP contribution is -2.41. The number of hydrogen-bond donors (Lipinski definition) is 3. The fourth-order valence-electron chi connectivity index (χ4n) is 3.42. The van der Waals surface area contributed by atoms with Gasteiger partial charge in [0.1, 0.15) is 5.75 Å². The van der Waals surface area contributed by atoms with E-state index in [1.54, 1.807) is 0 Å². The Hall–Kier alpha value is -2.57. The molecule has 1 saturated carbocycles. The minimum absolute atomic E-state index is 0.499. The number of ether oxygens (including phenoxy) is 2. The molecule has 6 nitrogen and oxygen atoms in total. The monoisotopic (exact) mass is 402 g/mol. The minimum Gasteiger partial charge on any atom is -0.506 e. The highest BCUT2D eigenvalue weighted by atomic mass is 16.6. The summed E-state index contributed by atoms with van der Waals surface area (Å²) in [5.41, 5.74) is 0. The first-order valence-electron chi connectivity index (χ1n) is 9.89. The smallest absolute Gasteiger partial charge is 0.374 e. The van der Waals surface area contributed by atoms with Crippen LogP contribution < -0.4 is 4.74 Å². The number of rotatable bonds is 10. The van der Waals surface area contributed by atoms with E-state index in [2.05, 4.69) is 16.9 Å². The van der Waals surface area contributed by atoms with Crippen LogP contribution in [0.5, 0.6) is 5.75 Å². The lowest BCUT2D eigenvalue weighted by molar-refractivity contribution is -0.201. The van der Waals surface area contributed by atoms with Crippen molar-refractivity contribution in [2.75, 3.05) is 13.7 Å². The number of aliphatic hydroxyl groups is 3. The molecule has 0 unspecified atom stereocenters. The average molecular weight is 402 g/mol. The molecule has 0 aliphatic heterocycles. The van der Waals surface area contributed by atoms with E-state index in [0.29, 0.717) is 18.4 Å². The summed E-state index contributed by atoms with van der Waals surface area (Å²) in [5, 5.41) is 28.7. The number of benzene rings is 1. The van der Waals surface area contributed by atoms with Gasteiger partial charge in [-0.05, 0) is 55.7 Å². The van der Waals surface area contributed by atoms with Crippen LogP contribution in [0, 0.1) is 11.8 Å². The highest BCUT2D eigenvalue weighted by molar-refractivity contribution is 5.80. The average Bonchev–Trinajstić information content (AvgIpc) is 3.18. The van der Waals surface area contributed by atoms with Gasteiger partial charge < -0.3 is 24.8 Å². The molecular weight excluding hydrogens is 372 g/mol. The van der Waals surface area contributed by atoms with Gasteiger partial charge in [-0.1, -0.05) is 48.9 Å². The highest BCUT2D eigenvalue weighted by Crippen LogP contribution is 2.35. The van der Waals surface area contributed by atoms with Crippen molar-refractivity contribution in [1.82, 2.24) is 0 Å². The van der Waals surface area contributed by atoms with Gasteiger partial charge in [0.25, 0.3) is 0 Å². The van der Waals surface area contributed by atoms with E-state index in [1.807, 2.05) is 36.4 Å². The van der Waals surface area contributed by atoms with Crippen molar-refractivity contribution in [3.63, 3.8) is 0 Å². The van der Waals surface area contributed by atoms with Crippen LogP contribution in [0.2, 0.25) is 0 Å². The molecule has 0 radical (unpaired) electrons. The third-order valence-corrected chi connectivity index (χ3v) is 5.05. The van der Waals surface area contributed by atoms with Gasteiger partial charge in [-0.25, -0.2) is 4.79 Å². The lowest BCUT2D eigenvalue weighted by atomic mass is 9.92. The summed E-state index contributed by atoms with van der Waals surface area (Å²) in [6.07, 6.45) is 14.0. The van der Waals surface area contributed by atoms with Crippen molar-refractivity contribution in [2.45, 2.75) is 37.9 Å². The van der Waals surface area contributed by atoms with Gasteiger partial charge in [-0.3, -0.25) is 0 Å². The van der Waals surface area contributed by atoms with Crippen molar-refractivity contribution in [3.05, 3.63) is 66.5 Å². The third-order valence-electron chi connectivity index (χ3n) is 5.05. The largest absolute Gasteiger partial charge is 0.506 e. The maximum absolute atomic E-state index is 11.2. The number of hydrogen-bond acceptors (Lipinski definition) is 6. The lowest BCUT2D eigenvalue weighted by Gasteiger charge is -2.17. The Morgan fingerprint density at radius 2 is 1.97 bits per heavy atom. The summed E-state index contributed by atoms with van der Waals surface area (Å²) in [4.78, 5) is 11.2. The number of carbonyl (C=O) groups is 1. The molecule has 0 heterocycles. The number of methoxy groups -OCH3 is 1. The fourth-order valence-corrected chi connectivity index (χ4v) is 3.42. The van der Waals surface area contributed by atoms with Crippen molar-refractivity contribution < 1.29 is 29.6 Å². The van der Waals surface area contributed by atoms with Crippen LogP contribution in [0.4, 0.5) is 0 Å². The zero-order chi connectivity index (χ0) is 21.1. The van der Waals surface area contributed by atoms with Gasteiger partial charge in [-0.15, -0.1) is 0 Å². The molecule has 3 N–H and O–H groups in total. The molecule has 158 valence electrons. The van der Waals surface area contributed by atoms with Crippen LogP contribution in [0.15, 0.2) is 66.5 Å². The van der Waals surface area contributed by atoms with Crippen molar-refractivity contribution in [1.29, 1.82) is 0 Å². The van der Waals surface area contributed by atoms with E-state index in [-0.39, 0.29) is 0 Å². The Morgan fingerprint density at radius 1 is 1.21 bits per heavy atom. The molecular formula is C23H30O6. The summed E-state index contributed by atoms with van der Waals surface area (Å²) in [5.74, 6) is -3.36. The summed E-state index contributed by atoms with van der Waals surface area (Å²) in [6.45, 7) is 0.645. The third kappa shape index (κ3) is 7.07. The SMILES string of the molecule is COC(=O)C(O)(O)/C(O)=C/C=C/C[C@H]1CCC[C@@H]1/C=C/CCOc1ccccc1. The van der Waals surface area contributed by atoms with Crippen LogP contribution in [0.25, 0.3) is 0 Å². The van der Waals surface area contributed by atoms with E-state index >= 15 is 0 Å². The molecule has 2 atom stereocenters. The molecule has 1 aromatic rings.